The van der Waals surface area contributed by atoms with Gasteiger partial charge >= 0.3 is 21.8 Å². The molecule has 0 unspecified atom stereocenters. The molecule has 2 aromatic carbocycles. The largest absolute Gasteiger partial charge is 0.338 e. The molecular formula is C12H6N4O6S. The Morgan fingerprint density at radius 3 is 2.30 bits per heavy atom. The Morgan fingerprint density at radius 1 is 1.04 bits per heavy atom. The number of rotatable bonds is 3. The lowest BCUT2D eigenvalue weighted by Gasteiger charge is -2.08. The molecule has 2 aromatic rings. The lowest BCUT2D eigenvalue weighted by molar-refractivity contribution is -0.518. The van der Waals surface area contributed by atoms with Crippen molar-refractivity contribution in [1.82, 2.24) is 4.83 Å². The minimum Gasteiger partial charge on any atom is -0.261 e. The Morgan fingerprint density at radius 2 is 1.65 bits per heavy atom. The second-order valence-electron chi connectivity index (χ2n) is 4.47. The zero-order chi connectivity index (χ0) is 16.8. The smallest absolute Gasteiger partial charge is 0.261 e. The van der Waals surface area contributed by atoms with E-state index in [-0.39, 0.29) is 21.5 Å². The average Bonchev–Trinajstić information content (AvgIpc) is 2.46. The first-order valence-electron chi connectivity index (χ1n) is 6.04. The van der Waals surface area contributed by atoms with Crippen molar-refractivity contribution in [2.75, 3.05) is 0 Å². The van der Waals surface area contributed by atoms with Gasteiger partial charge < -0.3 is 0 Å². The number of amides is 2. The number of hydrazine groups is 1. The standard InChI is InChI=1S/C12H6N4O6S/c17-11-12(18)14-10-7-4-2-1-3-6(7)9(5-8(10)13-11)23(21,22)15-16(19)20/h1-5,15H. The molecule has 0 fully saturated rings. The number of benzene rings is 2. The third kappa shape index (κ3) is 2.42. The van der Waals surface area contributed by atoms with Crippen LogP contribution in [-0.2, 0) is 19.6 Å². The lowest BCUT2D eigenvalue weighted by Crippen LogP contribution is -2.37. The first-order chi connectivity index (χ1) is 10.8. The molecule has 23 heavy (non-hydrogen) atoms. The highest BCUT2D eigenvalue weighted by molar-refractivity contribution is 7.89. The summed E-state index contributed by atoms with van der Waals surface area (Å²) in [5.74, 6) is -2.21. The quantitative estimate of drug-likeness (QED) is 0.415. The van der Waals surface area contributed by atoms with Crippen LogP contribution in [0.25, 0.3) is 10.8 Å². The summed E-state index contributed by atoms with van der Waals surface area (Å²) >= 11 is 0. The zero-order valence-corrected chi connectivity index (χ0v) is 11.9. The molecule has 0 aromatic heterocycles. The van der Waals surface area contributed by atoms with Crippen molar-refractivity contribution >= 4 is 32.6 Å². The number of nitrogens with one attached hydrogen (secondary N) is 1. The molecule has 1 aliphatic heterocycles. The molecule has 11 heteroatoms. The fourth-order valence-electron chi connectivity index (χ4n) is 2.19. The van der Waals surface area contributed by atoms with Crippen molar-refractivity contribution in [1.29, 1.82) is 0 Å². The summed E-state index contributed by atoms with van der Waals surface area (Å²) in [5, 5.41) is 9.53. The number of hydrogen-bond donors (Lipinski definition) is 1. The van der Waals surface area contributed by atoms with Crippen LogP contribution in [0.3, 0.4) is 0 Å². The van der Waals surface area contributed by atoms with Crippen LogP contribution in [0.4, 0.5) is 0 Å². The van der Waals surface area contributed by atoms with E-state index in [1.165, 1.54) is 23.0 Å². The van der Waals surface area contributed by atoms with E-state index in [4.69, 9.17) is 0 Å². The minimum absolute atomic E-state index is 0.0465. The van der Waals surface area contributed by atoms with Crippen molar-refractivity contribution in [3.05, 3.63) is 51.2 Å². The van der Waals surface area contributed by atoms with E-state index in [2.05, 4.69) is 9.98 Å². The highest BCUT2D eigenvalue weighted by Crippen LogP contribution is 2.19. The van der Waals surface area contributed by atoms with Crippen molar-refractivity contribution in [2.24, 2.45) is 9.98 Å². The molecule has 0 atom stereocenters. The van der Waals surface area contributed by atoms with Crippen LogP contribution in [-0.4, -0.2) is 25.3 Å². The van der Waals surface area contributed by atoms with Crippen molar-refractivity contribution in [3.8, 4) is 0 Å². The maximum Gasteiger partial charge on any atom is 0.338 e. The van der Waals surface area contributed by atoms with Crippen LogP contribution < -0.4 is 15.5 Å². The number of sulfonamides is 1. The second kappa shape index (κ2) is 4.91. The Balaban J connectivity index is 2.49. The number of nitro groups is 1. The summed E-state index contributed by atoms with van der Waals surface area (Å²) < 4.78 is 24.2. The molecule has 0 saturated carbocycles. The fourth-order valence-corrected chi connectivity index (χ4v) is 3.22. The Kier molecular flexibility index (Phi) is 3.14. The number of carbonyl (C=O) groups excluding carboxylic acids is 2. The van der Waals surface area contributed by atoms with Gasteiger partial charge in [-0.2, -0.15) is 8.42 Å². The minimum atomic E-state index is -4.50. The predicted octanol–water partition coefficient (Wildman–Crippen LogP) is -1.38. The lowest BCUT2D eigenvalue weighted by atomic mass is 10.1. The zero-order valence-electron chi connectivity index (χ0n) is 11.1. The van der Waals surface area contributed by atoms with E-state index < -0.39 is 31.8 Å². The Hall–Kier alpha value is -3.21. The molecule has 1 N–H and O–H groups in total. The number of carbonyl (C=O) groups is 2. The molecule has 1 heterocycles. The highest BCUT2D eigenvalue weighted by Gasteiger charge is 2.25. The number of fused-ring (bicyclic) bond motifs is 3. The third-order valence-electron chi connectivity index (χ3n) is 3.06. The van der Waals surface area contributed by atoms with Gasteiger partial charge in [0.2, 0.25) is 0 Å². The first-order valence-corrected chi connectivity index (χ1v) is 7.52. The van der Waals surface area contributed by atoms with Crippen molar-refractivity contribution in [3.63, 3.8) is 0 Å². The van der Waals surface area contributed by atoms with Gasteiger partial charge in [-0.3, -0.25) is 9.59 Å². The molecule has 0 saturated heterocycles. The van der Waals surface area contributed by atoms with E-state index in [0.29, 0.717) is 0 Å². The summed E-state index contributed by atoms with van der Waals surface area (Å²) in [6, 6.07) is 6.93. The molecule has 2 amide bonds. The number of hydrogen-bond acceptors (Lipinski definition) is 6. The van der Waals surface area contributed by atoms with Gasteiger partial charge in [0.05, 0.1) is 5.36 Å². The van der Waals surface area contributed by atoms with Gasteiger partial charge in [-0.05, 0) is 10.9 Å². The third-order valence-corrected chi connectivity index (χ3v) is 4.37. The summed E-state index contributed by atoms with van der Waals surface area (Å²) in [6.45, 7) is 0. The monoisotopic (exact) mass is 334 g/mol. The number of nitrogens with zero attached hydrogens (tertiary/aromatic N) is 3. The van der Waals surface area contributed by atoms with E-state index >= 15 is 0 Å². The maximum absolute atomic E-state index is 12.1. The fraction of sp³-hybridized carbons (Fsp3) is 0. The predicted molar refractivity (Wildman–Crippen MR) is 73.6 cm³/mol. The van der Waals surface area contributed by atoms with Gasteiger partial charge in [0, 0.05) is 10.8 Å². The topological polar surface area (TPSA) is 148 Å². The second-order valence-corrected chi connectivity index (χ2v) is 6.10. The van der Waals surface area contributed by atoms with Gasteiger partial charge in [0.25, 0.3) is 0 Å². The van der Waals surface area contributed by atoms with Gasteiger partial charge in [-0.15, -0.1) is 0 Å². The van der Waals surface area contributed by atoms with Gasteiger partial charge in [-0.25, -0.2) is 20.1 Å². The highest BCUT2D eigenvalue weighted by atomic mass is 32.2. The molecule has 0 bridgehead atoms. The molecule has 0 aliphatic carbocycles. The van der Waals surface area contributed by atoms with E-state index in [0.717, 1.165) is 6.07 Å². The Labute approximate surface area is 127 Å². The summed E-state index contributed by atoms with van der Waals surface area (Å²) in [5.41, 5.74) is 0. The van der Waals surface area contributed by atoms with Gasteiger partial charge in [0.1, 0.15) is 10.3 Å². The molecule has 0 radical (unpaired) electrons. The van der Waals surface area contributed by atoms with Crippen molar-refractivity contribution < 1.29 is 23.0 Å². The van der Waals surface area contributed by atoms with Crippen LogP contribution in [0.2, 0.25) is 0 Å². The van der Waals surface area contributed by atoms with E-state index in [1.807, 2.05) is 0 Å². The molecular weight excluding hydrogens is 328 g/mol. The van der Waals surface area contributed by atoms with Crippen LogP contribution in [0.15, 0.2) is 45.2 Å². The molecule has 0 spiro atoms. The molecule has 116 valence electrons. The molecule has 3 rings (SSSR count). The van der Waals surface area contributed by atoms with Crippen LogP contribution >= 0.6 is 0 Å². The van der Waals surface area contributed by atoms with Gasteiger partial charge in [0.15, 0.2) is 5.03 Å². The normalized spacial score (nSPS) is 13.9. The molecule has 10 nitrogen and oxygen atoms in total. The summed E-state index contributed by atoms with van der Waals surface area (Å²) in [4.78, 5) is 41.1. The van der Waals surface area contributed by atoms with Gasteiger partial charge in [-0.1, -0.05) is 24.3 Å². The van der Waals surface area contributed by atoms with Crippen LogP contribution in [0.5, 0.6) is 0 Å². The SMILES string of the molecule is O=C1N=c2cc(S(=O)(=O)N[N+](=O)[O-])c3ccccc3c2=NC1=O. The molecule has 1 aliphatic rings. The summed E-state index contributed by atoms with van der Waals surface area (Å²) in [6.07, 6.45) is 0. The maximum atomic E-state index is 12.1. The average molecular weight is 334 g/mol. The van der Waals surface area contributed by atoms with Crippen molar-refractivity contribution in [2.45, 2.75) is 4.90 Å². The van der Waals surface area contributed by atoms with Crippen LogP contribution in [0, 0.1) is 10.1 Å². The van der Waals surface area contributed by atoms with Crippen LogP contribution in [0.1, 0.15) is 0 Å². The summed E-state index contributed by atoms with van der Waals surface area (Å²) in [7, 11) is -4.50. The van der Waals surface area contributed by atoms with E-state index in [1.54, 1.807) is 6.07 Å². The first kappa shape index (κ1) is 14.7. The van der Waals surface area contributed by atoms with E-state index in [9.17, 15) is 28.1 Å². The Bertz CT molecular complexity index is 1120.